The summed E-state index contributed by atoms with van der Waals surface area (Å²) in [7, 11) is 0. The van der Waals surface area contributed by atoms with E-state index in [1.54, 1.807) is 6.07 Å². The summed E-state index contributed by atoms with van der Waals surface area (Å²) in [6, 6.07) is 6.87. The van der Waals surface area contributed by atoms with Crippen LogP contribution in [0.5, 0.6) is 0 Å². The zero-order valence-corrected chi connectivity index (χ0v) is 17.4. The fraction of sp³-hybridized carbons (Fsp3) is 0.450. The number of aromatic carboxylic acids is 1. The summed E-state index contributed by atoms with van der Waals surface area (Å²) in [5, 5.41) is 19.3. The molecule has 1 aromatic carbocycles. The number of benzene rings is 1. The number of halogens is 3. The van der Waals surface area contributed by atoms with Crippen molar-refractivity contribution in [3.8, 4) is 0 Å². The number of thiophene rings is 1. The van der Waals surface area contributed by atoms with Crippen molar-refractivity contribution in [3.05, 3.63) is 51.7 Å². The van der Waals surface area contributed by atoms with Crippen molar-refractivity contribution in [3.63, 3.8) is 0 Å². The van der Waals surface area contributed by atoms with Gasteiger partial charge in [0, 0.05) is 27.0 Å². The van der Waals surface area contributed by atoms with Gasteiger partial charge in [-0.15, -0.1) is 34.7 Å². The van der Waals surface area contributed by atoms with Crippen LogP contribution in [-0.4, -0.2) is 33.4 Å². The molecular weight excluding hydrogens is 426 g/mol. The van der Waals surface area contributed by atoms with E-state index >= 15 is 0 Å². The molecule has 3 rings (SSSR count). The third kappa shape index (κ3) is 5.47. The van der Waals surface area contributed by atoms with Crippen LogP contribution in [0.3, 0.4) is 0 Å². The van der Waals surface area contributed by atoms with Gasteiger partial charge >= 0.3 is 5.97 Å². The van der Waals surface area contributed by atoms with E-state index in [0.29, 0.717) is 21.9 Å². The van der Waals surface area contributed by atoms with Crippen LogP contribution in [-0.2, 0) is 6.42 Å². The monoisotopic (exact) mass is 446 g/mol. The molecule has 8 heteroatoms. The molecule has 1 fully saturated rings. The van der Waals surface area contributed by atoms with Gasteiger partial charge < -0.3 is 10.2 Å². The standard InChI is InChI=1S/C20H21ClF2O3S2/c21-17-9-18(24)16(10-27-14-7-11(22)6-12(23)8-14)15(17)3-1-2-13-4-5-19(28-13)20(25)26/h4-8,15-18,24H,1-3,9-10H2,(H,25,26)/t15-,16?,17-,18-/m1/s1. The zero-order valence-electron chi connectivity index (χ0n) is 15.0. The number of carboxylic acid groups (broad SMARTS) is 1. The summed E-state index contributed by atoms with van der Waals surface area (Å²) in [5.74, 6) is -1.53. The van der Waals surface area contributed by atoms with Gasteiger partial charge in [-0.3, -0.25) is 0 Å². The number of hydrogen-bond acceptors (Lipinski definition) is 4. The average molecular weight is 447 g/mol. The first-order valence-corrected chi connectivity index (χ1v) is 11.3. The van der Waals surface area contributed by atoms with Crippen molar-refractivity contribution in [2.45, 2.75) is 42.1 Å². The zero-order chi connectivity index (χ0) is 20.3. The van der Waals surface area contributed by atoms with Gasteiger partial charge in [0.25, 0.3) is 0 Å². The first-order chi connectivity index (χ1) is 13.3. The molecule has 28 heavy (non-hydrogen) atoms. The van der Waals surface area contributed by atoms with E-state index in [-0.39, 0.29) is 17.2 Å². The summed E-state index contributed by atoms with van der Waals surface area (Å²) in [5.41, 5.74) is 0. The highest BCUT2D eigenvalue weighted by molar-refractivity contribution is 7.99. The minimum Gasteiger partial charge on any atom is -0.477 e. The van der Waals surface area contributed by atoms with Crippen LogP contribution < -0.4 is 0 Å². The van der Waals surface area contributed by atoms with Gasteiger partial charge in [0.15, 0.2) is 0 Å². The van der Waals surface area contributed by atoms with E-state index in [0.717, 1.165) is 30.2 Å². The predicted octanol–water partition coefficient (Wildman–Crippen LogP) is 5.44. The first kappa shape index (κ1) is 21.6. The smallest absolute Gasteiger partial charge is 0.345 e. The Morgan fingerprint density at radius 2 is 1.93 bits per heavy atom. The predicted molar refractivity (Wildman–Crippen MR) is 109 cm³/mol. The van der Waals surface area contributed by atoms with Crippen LogP contribution in [0.2, 0.25) is 0 Å². The number of aliphatic hydroxyl groups is 1. The van der Waals surface area contributed by atoms with Crippen LogP contribution in [0.1, 0.15) is 33.8 Å². The highest BCUT2D eigenvalue weighted by atomic mass is 35.5. The molecule has 3 nitrogen and oxygen atoms in total. The highest BCUT2D eigenvalue weighted by Crippen LogP contribution is 2.42. The van der Waals surface area contributed by atoms with Gasteiger partial charge in [-0.2, -0.15) is 0 Å². The molecule has 2 aromatic rings. The second kappa shape index (κ2) is 9.57. The minimum absolute atomic E-state index is 0.0447. The molecule has 4 atom stereocenters. The van der Waals surface area contributed by atoms with E-state index in [2.05, 4.69) is 0 Å². The average Bonchev–Trinajstić information content (AvgIpc) is 3.18. The minimum atomic E-state index is -0.915. The molecule has 0 amide bonds. The van der Waals surface area contributed by atoms with Crippen LogP contribution >= 0.6 is 34.7 Å². The fourth-order valence-electron chi connectivity index (χ4n) is 3.71. The Balaban J connectivity index is 1.56. The normalized spacial score (nSPS) is 24.6. The summed E-state index contributed by atoms with van der Waals surface area (Å²) in [6.07, 6.45) is 2.41. The number of rotatable bonds is 8. The second-order valence-corrected chi connectivity index (χ2v) is 9.85. The van der Waals surface area contributed by atoms with E-state index < -0.39 is 23.7 Å². The molecule has 1 saturated carbocycles. The number of aliphatic hydroxyl groups excluding tert-OH is 1. The van der Waals surface area contributed by atoms with E-state index in [9.17, 15) is 18.7 Å². The molecule has 1 aromatic heterocycles. The Labute approximate surface area is 175 Å². The van der Waals surface area contributed by atoms with E-state index in [1.807, 2.05) is 6.07 Å². The van der Waals surface area contributed by atoms with Gasteiger partial charge in [0.2, 0.25) is 0 Å². The molecule has 0 bridgehead atoms. The SMILES string of the molecule is O=C(O)c1ccc(CCC[C@@H]2C(CSc3cc(F)cc(F)c3)[C@H](O)C[C@H]2Cl)s1. The van der Waals surface area contributed by atoms with Crippen LogP contribution in [0.25, 0.3) is 0 Å². The quantitative estimate of drug-likeness (QED) is 0.418. The molecule has 1 heterocycles. The lowest BCUT2D eigenvalue weighted by molar-refractivity contribution is 0.0702. The third-order valence-corrected chi connectivity index (χ3v) is 7.84. The van der Waals surface area contributed by atoms with E-state index in [1.165, 1.54) is 35.2 Å². The summed E-state index contributed by atoms with van der Waals surface area (Å²) >= 11 is 9.07. The lowest BCUT2D eigenvalue weighted by atomic mass is 9.91. The van der Waals surface area contributed by atoms with Crippen molar-refractivity contribution in [1.82, 2.24) is 0 Å². The summed E-state index contributed by atoms with van der Waals surface area (Å²) in [6.45, 7) is 0. The van der Waals surface area contributed by atoms with Crippen LogP contribution in [0, 0.1) is 23.5 Å². The van der Waals surface area contributed by atoms with Gasteiger partial charge in [-0.1, -0.05) is 0 Å². The molecule has 0 spiro atoms. The van der Waals surface area contributed by atoms with Crippen LogP contribution in [0.15, 0.2) is 35.2 Å². The van der Waals surface area contributed by atoms with E-state index in [4.69, 9.17) is 16.7 Å². The largest absolute Gasteiger partial charge is 0.477 e. The summed E-state index contributed by atoms with van der Waals surface area (Å²) in [4.78, 5) is 12.8. The van der Waals surface area contributed by atoms with Gasteiger partial charge in [0.1, 0.15) is 16.5 Å². The lowest BCUT2D eigenvalue weighted by Gasteiger charge is -2.23. The maximum absolute atomic E-state index is 13.4. The van der Waals surface area contributed by atoms with Crippen molar-refractivity contribution in [2.24, 2.45) is 11.8 Å². The Hall–Kier alpha value is -1.15. The molecule has 1 unspecified atom stereocenters. The Morgan fingerprint density at radius 3 is 2.57 bits per heavy atom. The molecule has 1 aliphatic carbocycles. The number of carbonyl (C=O) groups is 1. The maximum atomic E-state index is 13.4. The highest BCUT2D eigenvalue weighted by Gasteiger charge is 2.40. The first-order valence-electron chi connectivity index (χ1n) is 9.06. The molecular formula is C20H21ClF2O3S2. The van der Waals surface area contributed by atoms with Crippen molar-refractivity contribution >= 4 is 40.7 Å². The Morgan fingerprint density at radius 1 is 1.21 bits per heavy atom. The number of alkyl halides is 1. The molecule has 2 N–H and O–H groups in total. The molecule has 0 saturated heterocycles. The maximum Gasteiger partial charge on any atom is 0.345 e. The van der Waals surface area contributed by atoms with Crippen molar-refractivity contribution in [1.29, 1.82) is 0 Å². The summed E-state index contributed by atoms with van der Waals surface area (Å²) < 4.78 is 26.7. The van der Waals surface area contributed by atoms with Gasteiger partial charge in [-0.05, 0) is 61.8 Å². The third-order valence-electron chi connectivity index (χ3n) is 5.09. The van der Waals surface area contributed by atoms with Crippen LogP contribution in [0.4, 0.5) is 8.78 Å². The fourth-order valence-corrected chi connectivity index (χ4v) is 6.34. The Kier molecular flexibility index (Phi) is 7.36. The molecule has 152 valence electrons. The topological polar surface area (TPSA) is 57.5 Å². The number of thioether (sulfide) groups is 1. The number of hydrogen-bond donors (Lipinski definition) is 2. The molecule has 1 aliphatic rings. The number of carboxylic acids is 1. The molecule has 0 radical (unpaired) electrons. The molecule has 0 aliphatic heterocycles. The lowest BCUT2D eigenvalue weighted by Crippen LogP contribution is -2.23. The van der Waals surface area contributed by atoms with Crippen molar-refractivity contribution in [2.75, 3.05) is 5.75 Å². The van der Waals surface area contributed by atoms with Gasteiger partial charge in [0.05, 0.1) is 6.10 Å². The Bertz CT molecular complexity index is 809. The number of aryl methyl sites for hydroxylation is 1. The van der Waals surface area contributed by atoms with Gasteiger partial charge in [-0.25, -0.2) is 13.6 Å². The van der Waals surface area contributed by atoms with Crippen molar-refractivity contribution < 1.29 is 23.8 Å². The second-order valence-electron chi connectivity index (χ2n) is 7.03.